The van der Waals surface area contributed by atoms with Gasteiger partial charge in [0.1, 0.15) is 0 Å². The molecule has 0 heterocycles. The Labute approximate surface area is 187 Å². The molecule has 0 rings (SSSR count). The third-order valence-corrected chi connectivity index (χ3v) is 6.73. The Morgan fingerprint density at radius 3 is 0.966 bits per heavy atom. The minimum atomic E-state index is 0.894. The van der Waals surface area contributed by atoms with Gasteiger partial charge in [0, 0.05) is 0 Å². The van der Waals surface area contributed by atoms with Crippen LogP contribution in [0.5, 0.6) is 0 Å². The lowest BCUT2D eigenvalue weighted by Crippen LogP contribution is -1.81. The highest BCUT2D eigenvalue weighted by atomic mass is 31.1. The Morgan fingerprint density at radius 2 is 0.655 bits per heavy atom. The number of rotatable bonds is 24. The Hall–Kier alpha value is -0.0900. The fraction of sp³-hybridized carbons (Fsp3) is 0.857. The largest absolute Gasteiger partial charge is 0.0840 e. The van der Waals surface area contributed by atoms with Crippen LogP contribution in [0.15, 0.2) is 23.8 Å². The molecule has 172 valence electrons. The second-order valence-corrected chi connectivity index (χ2v) is 9.91. The standard InChI is InChI=1S/C28H55P/c1-3-5-7-9-11-13-15-17-19-21-23-25-27-29-28-26-24-22-20-18-16-14-12-10-8-6-4-2/h25-29H,3-24H2,1-2H3. The highest BCUT2D eigenvalue weighted by Gasteiger charge is 1.93. The van der Waals surface area contributed by atoms with E-state index < -0.39 is 0 Å². The van der Waals surface area contributed by atoms with Crippen LogP contribution in [0.25, 0.3) is 0 Å². The molecule has 0 amide bonds. The van der Waals surface area contributed by atoms with E-state index in [1.165, 1.54) is 141 Å². The van der Waals surface area contributed by atoms with Crippen molar-refractivity contribution in [3.8, 4) is 0 Å². The molecule has 0 aromatic carbocycles. The summed E-state index contributed by atoms with van der Waals surface area (Å²) in [4.78, 5) is 0. The minimum Gasteiger partial charge on any atom is -0.0840 e. The van der Waals surface area contributed by atoms with E-state index in [1.807, 2.05) is 0 Å². The van der Waals surface area contributed by atoms with E-state index in [0.29, 0.717) is 0 Å². The molecule has 0 fully saturated rings. The summed E-state index contributed by atoms with van der Waals surface area (Å²) < 4.78 is 0. The van der Waals surface area contributed by atoms with Crippen LogP contribution in [0, 0.1) is 0 Å². The molecule has 1 heteroatoms. The van der Waals surface area contributed by atoms with Gasteiger partial charge in [-0.1, -0.05) is 162 Å². The van der Waals surface area contributed by atoms with Gasteiger partial charge >= 0.3 is 0 Å². The van der Waals surface area contributed by atoms with E-state index in [2.05, 4.69) is 37.6 Å². The molecule has 0 atom stereocenters. The first-order chi connectivity index (χ1) is 14.4. The SMILES string of the molecule is CCCCCCCCCCCCC=CPC=CCCCCCCCCCCCC. The van der Waals surface area contributed by atoms with Crippen LogP contribution < -0.4 is 0 Å². The molecule has 0 nitrogen and oxygen atoms in total. The van der Waals surface area contributed by atoms with Crippen molar-refractivity contribution in [3.05, 3.63) is 23.8 Å². The summed E-state index contributed by atoms with van der Waals surface area (Å²) in [7, 11) is 0.894. The summed E-state index contributed by atoms with van der Waals surface area (Å²) in [6.07, 6.45) is 36.1. The van der Waals surface area contributed by atoms with Gasteiger partial charge in [0.05, 0.1) is 0 Å². The zero-order valence-corrected chi connectivity index (χ0v) is 21.4. The van der Waals surface area contributed by atoms with Gasteiger partial charge in [-0.05, 0) is 25.7 Å². The van der Waals surface area contributed by atoms with E-state index in [0.717, 1.165) is 8.58 Å². The van der Waals surface area contributed by atoms with Crippen LogP contribution in [0.3, 0.4) is 0 Å². The van der Waals surface area contributed by atoms with Crippen LogP contribution in [-0.4, -0.2) is 0 Å². The number of unbranched alkanes of at least 4 members (excludes halogenated alkanes) is 20. The summed E-state index contributed by atoms with van der Waals surface area (Å²) >= 11 is 0. The van der Waals surface area contributed by atoms with Gasteiger partial charge in [-0.3, -0.25) is 0 Å². The first-order valence-corrected chi connectivity index (χ1v) is 14.6. The zero-order chi connectivity index (χ0) is 21.1. The predicted octanol–water partition coefficient (Wildman–Crippen LogP) is 11.3. The summed E-state index contributed by atoms with van der Waals surface area (Å²) in [5.74, 6) is 4.78. The molecule has 0 saturated heterocycles. The van der Waals surface area contributed by atoms with Crippen LogP contribution >= 0.6 is 8.58 Å². The highest BCUT2D eigenvalue weighted by molar-refractivity contribution is 7.45. The van der Waals surface area contributed by atoms with Crippen LogP contribution in [-0.2, 0) is 0 Å². The molecule has 0 aliphatic carbocycles. The minimum absolute atomic E-state index is 0.894. The van der Waals surface area contributed by atoms with E-state index in [9.17, 15) is 0 Å². The number of hydrogen-bond acceptors (Lipinski definition) is 0. The molecule has 0 aliphatic heterocycles. The van der Waals surface area contributed by atoms with Gasteiger partial charge in [0.15, 0.2) is 0 Å². The van der Waals surface area contributed by atoms with Crippen molar-refractivity contribution in [2.24, 2.45) is 0 Å². The van der Waals surface area contributed by atoms with Crippen molar-refractivity contribution >= 4 is 8.58 Å². The van der Waals surface area contributed by atoms with Crippen LogP contribution in [0.1, 0.15) is 155 Å². The Morgan fingerprint density at radius 1 is 0.379 bits per heavy atom. The lowest BCUT2D eigenvalue weighted by atomic mass is 10.1. The van der Waals surface area contributed by atoms with Gasteiger partial charge in [-0.25, -0.2) is 0 Å². The monoisotopic (exact) mass is 422 g/mol. The maximum Gasteiger partial charge on any atom is -0.0347 e. The normalized spacial score (nSPS) is 12.3. The molecular formula is C28H55P. The molecular weight excluding hydrogens is 367 g/mol. The lowest BCUT2D eigenvalue weighted by Gasteiger charge is -2.01. The summed E-state index contributed by atoms with van der Waals surface area (Å²) in [6.45, 7) is 4.59. The van der Waals surface area contributed by atoms with Crippen molar-refractivity contribution in [1.29, 1.82) is 0 Å². The maximum atomic E-state index is 2.41. The van der Waals surface area contributed by atoms with Crippen molar-refractivity contribution in [2.45, 2.75) is 155 Å². The smallest absolute Gasteiger partial charge is 0.0347 e. The molecule has 29 heavy (non-hydrogen) atoms. The summed E-state index contributed by atoms with van der Waals surface area (Å²) in [5.41, 5.74) is 0. The molecule has 0 aliphatic rings. The molecule has 0 radical (unpaired) electrons. The van der Waals surface area contributed by atoms with E-state index >= 15 is 0 Å². The van der Waals surface area contributed by atoms with Crippen molar-refractivity contribution < 1.29 is 0 Å². The molecule has 0 saturated carbocycles. The average molecular weight is 423 g/mol. The topological polar surface area (TPSA) is 0 Å². The van der Waals surface area contributed by atoms with E-state index in [-0.39, 0.29) is 0 Å². The second kappa shape index (κ2) is 27.9. The van der Waals surface area contributed by atoms with Gasteiger partial charge in [0.25, 0.3) is 0 Å². The number of allylic oxidation sites excluding steroid dienone is 2. The fourth-order valence-corrected chi connectivity index (χ4v) is 4.57. The Kier molecular flexibility index (Phi) is 27.8. The zero-order valence-electron chi connectivity index (χ0n) is 20.4. The molecule has 0 bridgehead atoms. The molecule has 0 aromatic heterocycles. The van der Waals surface area contributed by atoms with E-state index in [4.69, 9.17) is 0 Å². The third kappa shape index (κ3) is 27.9. The first-order valence-electron chi connectivity index (χ1n) is 13.5. The molecule has 0 N–H and O–H groups in total. The quantitative estimate of drug-likeness (QED) is 0.107. The third-order valence-electron chi connectivity index (χ3n) is 5.88. The maximum absolute atomic E-state index is 2.41. The molecule has 0 spiro atoms. The summed E-state index contributed by atoms with van der Waals surface area (Å²) in [5, 5.41) is 0. The highest BCUT2D eigenvalue weighted by Crippen LogP contribution is 2.17. The lowest BCUT2D eigenvalue weighted by molar-refractivity contribution is 0.557. The van der Waals surface area contributed by atoms with Gasteiger partial charge in [-0.2, -0.15) is 0 Å². The van der Waals surface area contributed by atoms with Crippen molar-refractivity contribution in [3.63, 3.8) is 0 Å². The van der Waals surface area contributed by atoms with Crippen LogP contribution in [0.2, 0.25) is 0 Å². The van der Waals surface area contributed by atoms with Gasteiger partial charge < -0.3 is 0 Å². The van der Waals surface area contributed by atoms with Crippen molar-refractivity contribution in [1.82, 2.24) is 0 Å². The summed E-state index contributed by atoms with van der Waals surface area (Å²) in [6, 6.07) is 0. The second-order valence-electron chi connectivity index (χ2n) is 8.91. The average Bonchev–Trinajstić information content (AvgIpc) is 2.74. The predicted molar refractivity (Wildman–Crippen MR) is 140 cm³/mol. The Balaban J connectivity index is 3.14. The number of hydrogen-bond donors (Lipinski definition) is 0. The Bertz CT molecular complexity index is 299. The molecule has 0 aromatic rings. The van der Waals surface area contributed by atoms with Gasteiger partial charge in [0.2, 0.25) is 0 Å². The van der Waals surface area contributed by atoms with Crippen molar-refractivity contribution in [2.75, 3.05) is 0 Å². The first kappa shape index (κ1) is 28.9. The van der Waals surface area contributed by atoms with Crippen LogP contribution in [0.4, 0.5) is 0 Å². The van der Waals surface area contributed by atoms with E-state index in [1.54, 1.807) is 0 Å². The fourth-order valence-electron chi connectivity index (χ4n) is 3.86. The molecule has 0 unspecified atom stereocenters. The van der Waals surface area contributed by atoms with Gasteiger partial charge in [-0.15, -0.1) is 0 Å².